The van der Waals surface area contributed by atoms with Crippen molar-refractivity contribution in [1.82, 2.24) is 0 Å². The molecule has 0 bridgehead atoms. The summed E-state index contributed by atoms with van der Waals surface area (Å²) in [6.07, 6.45) is 14.0. The van der Waals surface area contributed by atoms with Crippen LogP contribution in [0.4, 0.5) is 0 Å². The molecular formula is C32H48O4. The zero-order valence-corrected chi connectivity index (χ0v) is 22.9. The summed E-state index contributed by atoms with van der Waals surface area (Å²) in [5.41, 5.74) is 2.33. The molecule has 2 aromatic carbocycles. The molecule has 3 rings (SSSR count). The number of hydrogen-bond donors (Lipinski definition) is 0. The first-order valence-corrected chi connectivity index (χ1v) is 14.4. The van der Waals surface area contributed by atoms with Gasteiger partial charge < -0.3 is 18.9 Å². The molecule has 0 aromatic heterocycles. The second kappa shape index (κ2) is 16.7. The summed E-state index contributed by atoms with van der Waals surface area (Å²) in [6, 6.07) is 16.6. The van der Waals surface area contributed by atoms with Crippen molar-refractivity contribution < 1.29 is 18.9 Å². The molecule has 0 aliphatic carbocycles. The molecule has 1 aliphatic heterocycles. The normalized spacial score (nSPS) is 19.8. The van der Waals surface area contributed by atoms with Crippen LogP contribution in [0.25, 0.3) is 11.1 Å². The van der Waals surface area contributed by atoms with E-state index in [2.05, 4.69) is 57.2 Å². The highest BCUT2D eigenvalue weighted by molar-refractivity contribution is 5.64. The summed E-state index contributed by atoms with van der Waals surface area (Å²) >= 11 is 0. The van der Waals surface area contributed by atoms with Crippen molar-refractivity contribution in [3.63, 3.8) is 0 Å². The van der Waals surface area contributed by atoms with Gasteiger partial charge in [-0.05, 0) is 55.2 Å². The van der Waals surface area contributed by atoms with Gasteiger partial charge in [0.25, 0.3) is 0 Å². The Morgan fingerprint density at radius 3 is 1.86 bits per heavy atom. The second-order valence-electron chi connectivity index (χ2n) is 10.2. The van der Waals surface area contributed by atoms with Gasteiger partial charge in [-0.1, -0.05) is 95.9 Å². The molecule has 4 nitrogen and oxygen atoms in total. The van der Waals surface area contributed by atoms with Gasteiger partial charge >= 0.3 is 0 Å². The summed E-state index contributed by atoms with van der Waals surface area (Å²) in [5, 5.41) is 0. The minimum Gasteiger partial charge on any atom is -0.494 e. The number of rotatable bonds is 17. The van der Waals surface area contributed by atoms with Crippen LogP contribution in [-0.2, 0) is 9.47 Å². The van der Waals surface area contributed by atoms with Crippen molar-refractivity contribution in [2.75, 3.05) is 19.8 Å². The van der Waals surface area contributed by atoms with E-state index in [0.717, 1.165) is 36.7 Å². The Bertz CT molecular complexity index is 817. The zero-order chi connectivity index (χ0) is 25.4. The molecule has 1 aliphatic rings. The fourth-order valence-corrected chi connectivity index (χ4v) is 4.72. The lowest BCUT2D eigenvalue weighted by Crippen LogP contribution is -2.41. The summed E-state index contributed by atoms with van der Waals surface area (Å²) in [4.78, 5) is 0. The van der Waals surface area contributed by atoms with E-state index in [-0.39, 0.29) is 12.4 Å². The quantitative estimate of drug-likeness (QED) is 0.205. The van der Waals surface area contributed by atoms with Gasteiger partial charge in [-0.15, -0.1) is 0 Å². The van der Waals surface area contributed by atoms with Gasteiger partial charge in [0.05, 0.1) is 19.3 Å². The number of benzene rings is 2. The number of hydrogen-bond acceptors (Lipinski definition) is 4. The Hall–Kier alpha value is -2.04. The highest BCUT2D eigenvalue weighted by Gasteiger charge is 2.28. The Morgan fingerprint density at radius 2 is 1.25 bits per heavy atom. The first-order chi connectivity index (χ1) is 17.7. The highest BCUT2D eigenvalue weighted by atomic mass is 16.7. The highest BCUT2D eigenvalue weighted by Crippen LogP contribution is 2.27. The van der Waals surface area contributed by atoms with E-state index in [1.807, 2.05) is 12.1 Å². The molecular weight excluding hydrogens is 448 g/mol. The first-order valence-electron chi connectivity index (χ1n) is 14.4. The van der Waals surface area contributed by atoms with Crippen LogP contribution in [-0.4, -0.2) is 32.2 Å². The number of ether oxygens (including phenoxy) is 4. The summed E-state index contributed by atoms with van der Waals surface area (Å²) in [7, 11) is 0. The standard InChI is InChI=1S/C32H48O4/c1-4-6-8-10-11-12-14-29-24-35-32(36-26(29)3)25-34-31-21-17-28(18-22-31)27-15-19-30(20-16-27)33-23-13-9-7-5-2/h15-22,26,29,32H,4-14,23-25H2,1-3H3/t26-,29+,32+/m0/s1. The third kappa shape index (κ3) is 10.1. The van der Waals surface area contributed by atoms with Gasteiger partial charge in [0.2, 0.25) is 0 Å². The molecule has 0 spiro atoms. The summed E-state index contributed by atoms with van der Waals surface area (Å²) < 4.78 is 23.9. The minimum atomic E-state index is -0.296. The zero-order valence-electron chi connectivity index (χ0n) is 22.9. The molecule has 3 atom stereocenters. The summed E-state index contributed by atoms with van der Waals surface area (Å²) in [6.45, 7) is 8.64. The SMILES string of the molecule is CCCCCCCC[C@@H]1CO[C@@H](COc2ccc(-c3ccc(OCCCCCC)cc3)cc2)O[C@H]1C. The van der Waals surface area contributed by atoms with Crippen LogP contribution in [0.5, 0.6) is 11.5 Å². The van der Waals surface area contributed by atoms with E-state index in [4.69, 9.17) is 18.9 Å². The maximum atomic E-state index is 6.11. The molecule has 2 aromatic rings. The van der Waals surface area contributed by atoms with E-state index >= 15 is 0 Å². The van der Waals surface area contributed by atoms with Crippen molar-refractivity contribution in [3.8, 4) is 22.6 Å². The Kier molecular flexibility index (Phi) is 13.2. The smallest absolute Gasteiger partial charge is 0.192 e. The maximum absolute atomic E-state index is 6.11. The molecule has 1 fully saturated rings. The third-order valence-electron chi connectivity index (χ3n) is 7.15. The lowest BCUT2D eigenvalue weighted by Gasteiger charge is -2.34. The molecule has 0 amide bonds. The first kappa shape index (κ1) is 28.5. The van der Waals surface area contributed by atoms with Crippen LogP contribution in [0.3, 0.4) is 0 Å². The van der Waals surface area contributed by atoms with E-state index in [1.165, 1.54) is 69.8 Å². The molecule has 200 valence electrons. The molecule has 0 radical (unpaired) electrons. The average Bonchev–Trinajstić information content (AvgIpc) is 2.91. The average molecular weight is 497 g/mol. The van der Waals surface area contributed by atoms with Crippen molar-refractivity contribution >= 4 is 0 Å². The lowest BCUT2D eigenvalue weighted by molar-refractivity contribution is -0.241. The van der Waals surface area contributed by atoms with E-state index in [9.17, 15) is 0 Å². The lowest BCUT2D eigenvalue weighted by atomic mass is 9.95. The second-order valence-corrected chi connectivity index (χ2v) is 10.2. The fraction of sp³-hybridized carbons (Fsp3) is 0.625. The Labute approximate surface area is 219 Å². The topological polar surface area (TPSA) is 36.9 Å². The van der Waals surface area contributed by atoms with E-state index in [0.29, 0.717) is 12.5 Å². The largest absolute Gasteiger partial charge is 0.494 e. The van der Waals surface area contributed by atoms with Crippen molar-refractivity contribution in [3.05, 3.63) is 48.5 Å². The summed E-state index contributed by atoms with van der Waals surface area (Å²) in [5.74, 6) is 2.26. The van der Waals surface area contributed by atoms with E-state index < -0.39 is 0 Å². The predicted molar refractivity (Wildman–Crippen MR) is 149 cm³/mol. The van der Waals surface area contributed by atoms with E-state index in [1.54, 1.807) is 0 Å². The maximum Gasteiger partial charge on any atom is 0.192 e. The van der Waals surface area contributed by atoms with Crippen molar-refractivity contribution in [2.24, 2.45) is 5.92 Å². The number of unbranched alkanes of at least 4 members (excludes halogenated alkanes) is 8. The molecule has 0 unspecified atom stereocenters. The molecule has 36 heavy (non-hydrogen) atoms. The van der Waals surface area contributed by atoms with Gasteiger partial charge in [-0.2, -0.15) is 0 Å². The van der Waals surface area contributed by atoms with Crippen LogP contribution in [0.1, 0.15) is 91.4 Å². The predicted octanol–water partition coefficient (Wildman–Crippen LogP) is 8.82. The Balaban J connectivity index is 1.35. The van der Waals surface area contributed by atoms with Gasteiger partial charge in [0.15, 0.2) is 6.29 Å². The molecule has 1 heterocycles. The van der Waals surface area contributed by atoms with Gasteiger partial charge in [-0.3, -0.25) is 0 Å². The van der Waals surface area contributed by atoms with Crippen LogP contribution < -0.4 is 9.47 Å². The molecule has 1 saturated heterocycles. The molecule has 0 N–H and O–H groups in total. The van der Waals surface area contributed by atoms with Crippen LogP contribution in [0.15, 0.2) is 48.5 Å². The Morgan fingerprint density at radius 1 is 0.694 bits per heavy atom. The van der Waals surface area contributed by atoms with Crippen molar-refractivity contribution in [2.45, 2.75) is 104 Å². The van der Waals surface area contributed by atoms with Crippen LogP contribution in [0, 0.1) is 5.92 Å². The van der Waals surface area contributed by atoms with Gasteiger partial charge in [-0.25, -0.2) is 0 Å². The van der Waals surface area contributed by atoms with Crippen LogP contribution >= 0.6 is 0 Å². The molecule has 4 heteroatoms. The third-order valence-corrected chi connectivity index (χ3v) is 7.15. The van der Waals surface area contributed by atoms with Gasteiger partial charge in [0, 0.05) is 5.92 Å². The fourth-order valence-electron chi connectivity index (χ4n) is 4.72. The van der Waals surface area contributed by atoms with Gasteiger partial charge in [0.1, 0.15) is 18.1 Å². The minimum absolute atomic E-state index is 0.216. The molecule has 0 saturated carbocycles. The van der Waals surface area contributed by atoms with Crippen molar-refractivity contribution in [1.29, 1.82) is 0 Å². The van der Waals surface area contributed by atoms with Crippen LogP contribution in [0.2, 0.25) is 0 Å². The monoisotopic (exact) mass is 496 g/mol.